The van der Waals surface area contributed by atoms with Crippen LogP contribution in [0.2, 0.25) is 0 Å². The molecule has 6 heteroatoms. The molecule has 3 heterocycles. The molecule has 1 N–H and O–H groups in total. The number of hydrogen-bond acceptors (Lipinski definition) is 5. The quantitative estimate of drug-likeness (QED) is 0.902. The predicted molar refractivity (Wildman–Crippen MR) is 101 cm³/mol. The van der Waals surface area contributed by atoms with Crippen LogP contribution in [0.3, 0.4) is 0 Å². The van der Waals surface area contributed by atoms with E-state index in [1.54, 1.807) is 6.20 Å². The number of nitrogens with one attached hydrogen (secondary N) is 1. The maximum Gasteiger partial charge on any atom is 0.266 e. The zero-order valence-corrected chi connectivity index (χ0v) is 15.4. The van der Waals surface area contributed by atoms with E-state index in [9.17, 15) is 4.79 Å². The van der Waals surface area contributed by atoms with Gasteiger partial charge in [0.05, 0.1) is 29.0 Å². The molecular formula is C19H23N3O2S. The number of carbonyl (C=O) groups is 1. The van der Waals surface area contributed by atoms with E-state index in [0.29, 0.717) is 5.92 Å². The van der Waals surface area contributed by atoms with Crippen LogP contribution in [-0.2, 0) is 4.74 Å². The highest BCUT2D eigenvalue weighted by Gasteiger charge is 2.29. The first-order chi connectivity index (χ1) is 12.1. The Labute approximate surface area is 152 Å². The van der Waals surface area contributed by atoms with Gasteiger partial charge in [-0.1, -0.05) is 0 Å². The summed E-state index contributed by atoms with van der Waals surface area (Å²) in [6, 6.07) is 5.98. The van der Waals surface area contributed by atoms with Crippen molar-refractivity contribution in [3.8, 4) is 0 Å². The first-order valence-corrected chi connectivity index (χ1v) is 9.73. The van der Waals surface area contributed by atoms with Gasteiger partial charge >= 0.3 is 0 Å². The van der Waals surface area contributed by atoms with Crippen molar-refractivity contribution in [1.29, 1.82) is 0 Å². The van der Waals surface area contributed by atoms with E-state index >= 15 is 0 Å². The summed E-state index contributed by atoms with van der Waals surface area (Å²) < 4.78 is 5.77. The maximum atomic E-state index is 12.5. The van der Waals surface area contributed by atoms with Gasteiger partial charge in [0.2, 0.25) is 0 Å². The molecule has 0 unspecified atom stereocenters. The third kappa shape index (κ3) is 3.70. The number of thiophene rings is 1. The molecule has 25 heavy (non-hydrogen) atoms. The van der Waals surface area contributed by atoms with Crippen LogP contribution >= 0.6 is 11.3 Å². The second kappa shape index (κ2) is 6.77. The summed E-state index contributed by atoms with van der Waals surface area (Å²) in [4.78, 5) is 20.1. The van der Waals surface area contributed by atoms with E-state index in [0.717, 1.165) is 29.5 Å². The van der Waals surface area contributed by atoms with Crippen molar-refractivity contribution in [2.24, 2.45) is 0 Å². The molecule has 2 aromatic rings. The van der Waals surface area contributed by atoms with Crippen LogP contribution in [0.25, 0.3) is 0 Å². The number of pyridine rings is 1. The van der Waals surface area contributed by atoms with Gasteiger partial charge in [0.1, 0.15) is 5.82 Å². The van der Waals surface area contributed by atoms with Crippen LogP contribution in [-0.4, -0.2) is 36.2 Å². The molecule has 132 valence electrons. The van der Waals surface area contributed by atoms with Gasteiger partial charge < -0.3 is 15.0 Å². The van der Waals surface area contributed by atoms with E-state index in [1.165, 1.54) is 29.7 Å². The molecule has 2 atom stereocenters. The van der Waals surface area contributed by atoms with E-state index < -0.39 is 0 Å². The lowest BCUT2D eigenvalue weighted by Gasteiger charge is -2.36. The highest BCUT2D eigenvalue weighted by molar-refractivity contribution is 7.12. The third-order valence-electron chi connectivity index (χ3n) is 4.67. The highest BCUT2D eigenvalue weighted by atomic mass is 32.1. The number of rotatable bonds is 4. The Morgan fingerprint density at radius 1 is 1.24 bits per heavy atom. The van der Waals surface area contributed by atoms with E-state index in [1.807, 2.05) is 17.5 Å². The molecule has 5 nitrogen and oxygen atoms in total. The first kappa shape index (κ1) is 16.5. The fraction of sp³-hybridized carbons (Fsp3) is 0.474. The number of amides is 1. The van der Waals surface area contributed by atoms with Gasteiger partial charge in [-0.2, -0.15) is 0 Å². The Morgan fingerprint density at radius 2 is 2.00 bits per heavy atom. The number of anilines is 2. The third-order valence-corrected chi connectivity index (χ3v) is 5.60. The van der Waals surface area contributed by atoms with Gasteiger partial charge in [0, 0.05) is 13.1 Å². The SMILES string of the molecule is C[C@H]1CN(c2ccc(NC(=O)c3sccc3C3CC3)cn2)C[C@H](C)O1. The number of morpholine rings is 1. The van der Waals surface area contributed by atoms with E-state index in [2.05, 4.69) is 35.1 Å². The predicted octanol–water partition coefficient (Wildman–Crippen LogP) is 3.89. The van der Waals surface area contributed by atoms with Crippen LogP contribution in [0.1, 0.15) is 47.8 Å². The van der Waals surface area contributed by atoms with Gasteiger partial charge in [0.25, 0.3) is 5.91 Å². The lowest BCUT2D eigenvalue weighted by molar-refractivity contribution is -0.00545. The van der Waals surface area contributed by atoms with Crippen molar-refractivity contribution in [1.82, 2.24) is 4.98 Å². The normalized spacial score (nSPS) is 23.5. The van der Waals surface area contributed by atoms with Crippen molar-refractivity contribution in [2.45, 2.75) is 44.8 Å². The van der Waals surface area contributed by atoms with Crippen LogP contribution < -0.4 is 10.2 Å². The average molecular weight is 357 g/mol. The van der Waals surface area contributed by atoms with Crippen LogP contribution in [0.4, 0.5) is 11.5 Å². The molecule has 0 radical (unpaired) electrons. The highest BCUT2D eigenvalue weighted by Crippen LogP contribution is 2.43. The summed E-state index contributed by atoms with van der Waals surface area (Å²) >= 11 is 1.52. The maximum absolute atomic E-state index is 12.5. The molecule has 1 aliphatic heterocycles. The number of carbonyl (C=O) groups excluding carboxylic acids is 1. The number of aromatic nitrogens is 1. The second-order valence-corrected chi connectivity index (χ2v) is 7.92. The summed E-state index contributed by atoms with van der Waals surface area (Å²) in [5, 5.41) is 4.99. The fourth-order valence-electron chi connectivity index (χ4n) is 3.42. The summed E-state index contributed by atoms with van der Waals surface area (Å²) in [5.74, 6) is 1.48. The van der Waals surface area contributed by atoms with Gasteiger partial charge in [0.15, 0.2) is 0 Å². The standard InChI is InChI=1S/C19H23N3O2S/c1-12-10-22(11-13(2)24-12)17-6-5-15(9-20-17)21-19(23)18-16(7-8-25-18)14-3-4-14/h5-9,12-14H,3-4,10-11H2,1-2H3,(H,21,23)/t12-,13-/m0/s1. The van der Waals surface area contributed by atoms with Crippen molar-refractivity contribution in [3.05, 3.63) is 40.2 Å². The minimum Gasteiger partial charge on any atom is -0.372 e. The molecule has 2 aromatic heterocycles. The van der Waals surface area contributed by atoms with Gasteiger partial charge in [-0.3, -0.25) is 4.79 Å². The van der Waals surface area contributed by atoms with Crippen molar-refractivity contribution >= 4 is 28.7 Å². The molecule has 0 aromatic carbocycles. The number of nitrogens with zero attached hydrogens (tertiary/aromatic N) is 2. The topological polar surface area (TPSA) is 54.5 Å². The smallest absolute Gasteiger partial charge is 0.266 e. The van der Waals surface area contributed by atoms with Crippen LogP contribution in [0.15, 0.2) is 29.8 Å². The molecule has 0 bridgehead atoms. The van der Waals surface area contributed by atoms with Crippen LogP contribution in [0.5, 0.6) is 0 Å². The van der Waals surface area contributed by atoms with Crippen molar-refractivity contribution < 1.29 is 9.53 Å². The van der Waals surface area contributed by atoms with Crippen molar-refractivity contribution in [3.63, 3.8) is 0 Å². The second-order valence-electron chi connectivity index (χ2n) is 7.00. The minimum absolute atomic E-state index is 0.0277. The molecule has 2 fully saturated rings. The Bertz CT molecular complexity index is 744. The van der Waals surface area contributed by atoms with E-state index in [4.69, 9.17) is 4.74 Å². The first-order valence-electron chi connectivity index (χ1n) is 8.85. The minimum atomic E-state index is -0.0277. The molecule has 4 rings (SSSR count). The molecule has 1 saturated carbocycles. The van der Waals surface area contributed by atoms with Gasteiger partial charge in [-0.05, 0) is 61.7 Å². The Balaban J connectivity index is 1.43. The van der Waals surface area contributed by atoms with Crippen molar-refractivity contribution in [2.75, 3.05) is 23.3 Å². The molecule has 1 aliphatic carbocycles. The fourth-order valence-corrected chi connectivity index (χ4v) is 4.30. The summed E-state index contributed by atoms with van der Waals surface area (Å²) in [5.41, 5.74) is 1.93. The average Bonchev–Trinajstić information content (AvgIpc) is 3.31. The molecule has 0 spiro atoms. The largest absolute Gasteiger partial charge is 0.372 e. The Kier molecular flexibility index (Phi) is 4.48. The van der Waals surface area contributed by atoms with Gasteiger partial charge in [-0.15, -0.1) is 11.3 Å². The van der Waals surface area contributed by atoms with E-state index in [-0.39, 0.29) is 18.1 Å². The van der Waals surface area contributed by atoms with Gasteiger partial charge in [-0.25, -0.2) is 4.98 Å². The molecule has 1 saturated heterocycles. The number of ether oxygens (including phenoxy) is 1. The molecule has 1 amide bonds. The monoisotopic (exact) mass is 357 g/mol. The summed E-state index contributed by atoms with van der Waals surface area (Å²) in [7, 11) is 0. The molecular weight excluding hydrogens is 334 g/mol. The summed E-state index contributed by atoms with van der Waals surface area (Å²) in [6.07, 6.45) is 4.53. The molecule has 2 aliphatic rings. The zero-order valence-electron chi connectivity index (χ0n) is 14.6. The summed E-state index contributed by atoms with van der Waals surface area (Å²) in [6.45, 7) is 5.83. The lowest BCUT2D eigenvalue weighted by Crippen LogP contribution is -2.45. The Hall–Kier alpha value is -1.92. The zero-order chi connectivity index (χ0) is 17.4. The number of hydrogen-bond donors (Lipinski definition) is 1. The van der Waals surface area contributed by atoms with Crippen LogP contribution in [0, 0.1) is 0 Å². The Morgan fingerprint density at radius 3 is 2.64 bits per heavy atom. The lowest BCUT2D eigenvalue weighted by atomic mass is 10.1.